The van der Waals surface area contributed by atoms with Crippen LogP contribution in [-0.4, -0.2) is 14.8 Å². The monoisotopic (exact) mass is 202 g/mol. The minimum absolute atomic E-state index is 0.210. The molecule has 1 atom stereocenters. The van der Waals surface area contributed by atoms with Gasteiger partial charge in [0.05, 0.1) is 6.04 Å². The van der Waals surface area contributed by atoms with Gasteiger partial charge in [-0.05, 0) is 12.5 Å². The Hall–Kier alpha value is -1.68. The van der Waals surface area contributed by atoms with Gasteiger partial charge in [0.15, 0.2) is 0 Å². The lowest BCUT2D eigenvalue weighted by atomic mass is 10.1. The number of hydrogen-bond acceptors (Lipinski definition) is 3. The molecule has 2 N–H and O–H groups in total. The summed E-state index contributed by atoms with van der Waals surface area (Å²) >= 11 is 0. The number of aromatic nitrogens is 3. The van der Waals surface area contributed by atoms with E-state index in [0.717, 1.165) is 11.4 Å². The first-order valence-corrected chi connectivity index (χ1v) is 4.84. The summed E-state index contributed by atoms with van der Waals surface area (Å²) in [7, 11) is 1.84. The van der Waals surface area contributed by atoms with Gasteiger partial charge >= 0.3 is 0 Å². The summed E-state index contributed by atoms with van der Waals surface area (Å²) < 4.78 is 1.70. The van der Waals surface area contributed by atoms with E-state index >= 15 is 0 Å². The summed E-state index contributed by atoms with van der Waals surface area (Å²) in [5, 5.41) is 4.01. The van der Waals surface area contributed by atoms with Crippen molar-refractivity contribution in [1.29, 1.82) is 0 Å². The zero-order chi connectivity index (χ0) is 10.8. The van der Waals surface area contributed by atoms with E-state index in [1.807, 2.05) is 31.3 Å². The molecule has 1 unspecified atom stereocenters. The van der Waals surface area contributed by atoms with Crippen LogP contribution in [0, 0.1) is 6.92 Å². The van der Waals surface area contributed by atoms with Crippen molar-refractivity contribution in [2.24, 2.45) is 12.8 Å². The predicted octanol–water partition coefficient (Wildman–Crippen LogP) is 1.17. The van der Waals surface area contributed by atoms with Gasteiger partial charge in [0.2, 0.25) is 0 Å². The summed E-state index contributed by atoms with van der Waals surface area (Å²) in [6, 6.07) is 7.93. The van der Waals surface area contributed by atoms with Crippen LogP contribution in [0.1, 0.15) is 23.0 Å². The number of benzene rings is 1. The van der Waals surface area contributed by atoms with Crippen LogP contribution in [0.4, 0.5) is 0 Å². The Morgan fingerprint density at radius 1 is 1.27 bits per heavy atom. The average molecular weight is 202 g/mol. The highest BCUT2D eigenvalue weighted by Crippen LogP contribution is 2.16. The third-order valence-electron chi connectivity index (χ3n) is 2.46. The zero-order valence-corrected chi connectivity index (χ0v) is 8.88. The normalized spacial score (nSPS) is 12.7. The van der Waals surface area contributed by atoms with E-state index in [4.69, 9.17) is 5.73 Å². The number of rotatable bonds is 2. The number of hydrogen-bond donors (Lipinski definition) is 1. The molecule has 4 nitrogen and oxygen atoms in total. The molecule has 78 valence electrons. The van der Waals surface area contributed by atoms with Crippen LogP contribution in [0.5, 0.6) is 0 Å². The molecule has 0 saturated heterocycles. The van der Waals surface area contributed by atoms with Gasteiger partial charge in [-0.1, -0.05) is 29.8 Å². The molecular weight excluding hydrogens is 188 g/mol. The maximum Gasteiger partial charge on any atom is 0.148 e. The van der Waals surface area contributed by atoms with Gasteiger partial charge < -0.3 is 5.73 Å². The first-order valence-electron chi connectivity index (χ1n) is 4.84. The molecule has 2 aromatic rings. The molecule has 0 aliphatic carbocycles. The highest BCUT2D eigenvalue weighted by Gasteiger charge is 2.13. The van der Waals surface area contributed by atoms with Gasteiger partial charge in [0, 0.05) is 7.05 Å². The molecule has 1 aromatic heterocycles. The van der Waals surface area contributed by atoms with E-state index in [1.54, 1.807) is 4.68 Å². The van der Waals surface area contributed by atoms with Gasteiger partial charge in [-0.2, -0.15) is 5.10 Å². The second-order valence-corrected chi connectivity index (χ2v) is 3.63. The SMILES string of the molecule is Cc1ccc(C(N)c2ncnn2C)cc1. The highest BCUT2D eigenvalue weighted by atomic mass is 15.3. The number of nitrogens with zero attached hydrogens (tertiary/aromatic N) is 3. The van der Waals surface area contributed by atoms with Crippen LogP contribution < -0.4 is 5.73 Å². The van der Waals surface area contributed by atoms with Gasteiger partial charge in [-0.15, -0.1) is 0 Å². The van der Waals surface area contributed by atoms with Crippen molar-refractivity contribution in [3.05, 3.63) is 47.5 Å². The van der Waals surface area contributed by atoms with E-state index in [0.29, 0.717) is 0 Å². The predicted molar refractivity (Wildman–Crippen MR) is 58.2 cm³/mol. The van der Waals surface area contributed by atoms with Crippen LogP contribution in [0.25, 0.3) is 0 Å². The maximum absolute atomic E-state index is 6.09. The third-order valence-corrected chi connectivity index (χ3v) is 2.46. The fourth-order valence-electron chi connectivity index (χ4n) is 1.51. The third kappa shape index (κ3) is 1.89. The van der Waals surface area contributed by atoms with Crippen LogP contribution in [0.3, 0.4) is 0 Å². The Morgan fingerprint density at radius 3 is 2.47 bits per heavy atom. The standard InChI is InChI=1S/C11H14N4/c1-8-3-5-9(6-4-8)10(12)11-13-7-14-15(11)2/h3-7,10H,12H2,1-2H3. The molecule has 0 aliphatic rings. The smallest absolute Gasteiger partial charge is 0.148 e. The zero-order valence-electron chi connectivity index (χ0n) is 8.88. The van der Waals surface area contributed by atoms with Gasteiger partial charge in [-0.3, -0.25) is 4.68 Å². The van der Waals surface area contributed by atoms with Crippen molar-refractivity contribution in [2.45, 2.75) is 13.0 Å². The molecule has 0 spiro atoms. The van der Waals surface area contributed by atoms with Crippen molar-refractivity contribution in [3.8, 4) is 0 Å². The van der Waals surface area contributed by atoms with Crippen molar-refractivity contribution in [1.82, 2.24) is 14.8 Å². The van der Waals surface area contributed by atoms with E-state index in [9.17, 15) is 0 Å². The van der Waals surface area contributed by atoms with Crippen LogP contribution in [0.15, 0.2) is 30.6 Å². The molecule has 4 heteroatoms. The minimum atomic E-state index is -0.210. The van der Waals surface area contributed by atoms with E-state index in [-0.39, 0.29) is 6.04 Å². The van der Waals surface area contributed by atoms with Crippen molar-refractivity contribution >= 4 is 0 Å². The van der Waals surface area contributed by atoms with Crippen LogP contribution >= 0.6 is 0 Å². The summed E-state index contributed by atoms with van der Waals surface area (Å²) in [5.41, 5.74) is 8.37. The first kappa shape index (κ1) is 9.86. The molecule has 0 radical (unpaired) electrons. The topological polar surface area (TPSA) is 56.7 Å². The molecule has 0 fully saturated rings. The van der Waals surface area contributed by atoms with Crippen molar-refractivity contribution in [3.63, 3.8) is 0 Å². The molecular formula is C11H14N4. The summed E-state index contributed by atoms with van der Waals surface area (Å²) in [6.07, 6.45) is 1.52. The quantitative estimate of drug-likeness (QED) is 0.795. The lowest BCUT2D eigenvalue weighted by Gasteiger charge is -2.10. The summed E-state index contributed by atoms with van der Waals surface area (Å²) in [5.74, 6) is 0.777. The van der Waals surface area contributed by atoms with Crippen molar-refractivity contribution < 1.29 is 0 Å². The molecule has 0 bridgehead atoms. The lowest BCUT2D eigenvalue weighted by molar-refractivity contribution is 0.659. The molecule has 0 amide bonds. The molecule has 1 aromatic carbocycles. The fourth-order valence-corrected chi connectivity index (χ4v) is 1.51. The molecule has 1 heterocycles. The molecule has 0 saturated carbocycles. The average Bonchev–Trinajstić information content (AvgIpc) is 2.65. The largest absolute Gasteiger partial charge is 0.318 e. The minimum Gasteiger partial charge on any atom is -0.318 e. The maximum atomic E-state index is 6.09. The Balaban J connectivity index is 2.32. The first-order chi connectivity index (χ1) is 7.18. The Kier molecular flexibility index (Phi) is 2.51. The fraction of sp³-hybridized carbons (Fsp3) is 0.273. The molecule has 2 rings (SSSR count). The second-order valence-electron chi connectivity index (χ2n) is 3.63. The number of nitrogens with two attached hydrogens (primary N) is 1. The Labute approximate surface area is 88.8 Å². The van der Waals surface area contributed by atoms with Gasteiger partial charge in [-0.25, -0.2) is 4.98 Å². The number of aryl methyl sites for hydroxylation is 2. The van der Waals surface area contributed by atoms with Gasteiger partial charge in [0.25, 0.3) is 0 Å². The Bertz CT molecular complexity index is 444. The van der Waals surface area contributed by atoms with Crippen LogP contribution in [-0.2, 0) is 7.05 Å². The Morgan fingerprint density at radius 2 is 1.93 bits per heavy atom. The lowest BCUT2D eigenvalue weighted by Crippen LogP contribution is -2.17. The second kappa shape index (κ2) is 3.82. The van der Waals surface area contributed by atoms with E-state index in [1.165, 1.54) is 11.9 Å². The van der Waals surface area contributed by atoms with E-state index in [2.05, 4.69) is 17.0 Å². The van der Waals surface area contributed by atoms with E-state index < -0.39 is 0 Å². The highest BCUT2D eigenvalue weighted by molar-refractivity contribution is 5.27. The molecule has 0 aliphatic heterocycles. The summed E-state index contributed by atoms with van der Waals surface area (Å²) in [4.78, 5) is 4.14. The van der Waals surface area contributed by atoms with Crippen molar-refractivity contribution in [2.75, 3.05) is 0 Å². The van der Waals surface area contributed by atoms with Gasteiger partial charge in [0.1, 0.15) is 12.2 Å². The molecule has 15 heavy (non-hydrogen) atoms. The van der Waals surface area contributed by atoms with Crippen LogP contribution in [0.2, 0.25) is 0 Å². The summed E-state index contributed by atoms with van der Waals surface area (Å²) in [6.45, 7) is 2.05.